The quantitative estimate of drug-likeness (QED) is 0.434. The highest BCUT2D eigenvalue weighted by Crippen LogP contribution is 1.89. The minimum Gasteiger partial charge on any atom is -0.469 e. The Morgan fingerprint density at radius 2 is 1.41 bits per heavy atom. The van der Waals surface area contributed by atoms with Crippen molar-refractivity contribution in [2.75, 3.05) is 68.7 Å². The van der Waals surface area contributed by atoms with Gasteiger partial charge < -0.3 is 30.6 Å². The highest BCUT2D eigenvalue weighted by molar-refractivity contribution is 6.25. The molecule has 1 fully saturated rings. The van der Waals surface area contributed by atoms with Gasteiger partial charge in [0, 0.05) is 34.1 Å². The monoisotopic (exact) mass is 393 g/mol. The summed E-state index contributed by atoms with van der Waals surface area (Å²) in [4.78, 5) is 38.3. The lowest BCUT2D eigenvalue weighted by Gasteiger charge is -2.21. The van der Waals surface area contributed by atoms with Crippen molar-refractivity contribution in [3.05, 3.63) is 0 Å². The Morgan fingerprint density at radius 3 is 1.52 bits per heavy atom. The zero-order valence-corrected chi connectivity index (χ0v) is 17.4. The molecule has 1 amide bonds. The lowest BCUT2D eigenvalue weighted by molar-refractivity contribution is -0.138. The molecule has 0 aromatic heterocycles. The van der Waals surface area contributed by atoms with E-state index in [-0.39, 0.29) is 5.97 Å². The number of nitrogens with two attached hydrogens (primary N) is 2. The second-order valence-electron chi connectivity index (χ2n) is 4.31. The van der Waals surface area contributed by atoms with Crippen molar-refractivity contribution >= 4 is 30.3 Å². The van der Waals surface area contributed by atoms with Crippen molar-refractivity contribution < 1.29 is 28.6 Å². The Labute approximate surface area is 161 Å². The Bertz CT molecular complexity index is 410. The molecular formula is C16H35N5O6. The molecule has 0 radical (unpaired) electrons. The van der Waals surface area contributed by atoms with Crippen molar-refractivity contribution in [2.45, 2.75) is 6.92 Å². The maximum absolute atomic E-state index is 10.0. The molecule has 1 aliphatic heterocycles. The molecule has 0 aromatic carbocycles. The van der Waals surface area contributed by atoms with Crippen LogP contribution in [0.25, 0.3) is 0 Å². The molecule has 1 saturated heterocycles. The molecule has 0 unspecified atom stereocenters. The summed E-state index contributed by atoms with van der Waals surface area (Å²) >= 11 is 0. The van der Waals surface area contributed by atoms with Crippen molar-refractivity contribution in [2.24, 2.45) is 21.5 Å². The second kappa shape index (κ2) is 28.4. The zero-order chi connectivity index (χ0) is 22.1. The van der Waals surface area contributed by atoms with Gasteiger partial charge in [-0.15, -0.1) is 0 Å². The molecule has 1 rings (SSSR count). The van der Waals surface area contributed by atoms with E-state index in [1.54, 1.807) is 0 Å². The van der Waals surface area contributed by atoms with Gasteiger partial charge in [-0.2, -0.15) is 0 Å². The summed E-state index contributed by atoms with van der Waals surface area (Å²) in [7, 11) is 9.27. The molecule has 11 heteroatoms. The van der Waals surface area contributed by atoms with Crippen molar-refractivity contribution in [3.8, 4) is 0 Å². The third-order valence-electron chi connectivity index (χ3n) is 2.21. The molecule has 0 atom stereocenters. The first-order valence-corrected chi connectivity index (χ1v) is 7.85. The van der Waals surface area contributed by atoms with Gasteiger partial charge in [0.15, 0.2) is 0 Å². The van der Waals surface area contributed by atoms with E-state index in [9.17, 15) is 14.4 Å². The van der Waals surface area contributed by atoms with Crippen LogP contribution in [0.4, 0.5) is 0 Å². The summed E-state index contributed by atoms with van der Waals surface area (Å²) in [5, 5.41) is 0. The molecule has 1 aliphatic rings. The van der Waals surface area contributed by atoms with Gasteiger partial charge in [0.1, 0.15) is 6.21 Å². The highest BCUT2D eigenvalue weighted by atomic mass is 16.5. The maximum Gasteiger partial charge on any atom is 0.348 e. The predicted molar refractivity (Wildman–Crippen MR) is 106 cm³/mol. The van der Waals surface area contributed by atoms with Gasteiger partial charge in [-0.05, 0) is 14.1 Å². The third-order valence-corrected chi connectivity index (χ3v) is 2.21. The van der Waals surface area contributed by atoms with E-state index >= 15 is 0 Å². The molecule has 160 valence electrons. The molecule has 0 spiro atoms. The fourth-order valence-corrected chi connectivity index (χ4v) is 0.940. The number of likely N-dealkylation sites (N-methyl/N-ethyl adjacent to an activating group) is 1. The van der Waals surface area contributed by atoms with Crippen LogP contribution in [0.2, 0.25) is 0 Å². The maximum atomic E-state index is 10.0. The topological polar surface area (TPSA) is 159 Å². The number of morpholine rings is 1. The number of esters is 2. The number of amides is 1. The van der Waals surface area contributed by atoms with Gasteiger partial charge in [0.25, 0.3) is 5.91 Å². The smallest absolute Gasteiger partial charge is 0.348 e. The molecular weight excluding hydrogens is 358 g/mol. The molecule has 1 heterocycles. The van der Waals surface area contributed by atoms with Gasteiger partial charge in [-0.1, -0.05) is 0 Å². The lowest BCUT2D eigenvalue weighted by atomic mass is 10.5. The van der Waals surface area contributed by atoms with E-state index in [0.717, 1.165) is 38.7 Å². The third kappa shape index (κ3) is 45.3. The van der Waals surface area contributed by atoms with E-state index in [1.807, 2.05) is 0 Å². The second-order valence-corrected chi connectivity index (χ2v) is 4.31. The number of methoxy groups -OCH3 is 2. The van der Waals surface area contributed by atoms with Gasteiger partial charge >= 0.3 is 11.9 Å². The molecule has 4 N–H and O–H groups in total. The highest BCUT2D eigenvalue weighted by Gasteiger charge is 2.02. The van der Waals surface area contributed by atoms with Crippen LogP contribution in [0, 0.1) is 0 Å². The van der Waals surface area contributed by atoms with Crippen molar-refractivity contribution in [1.29, 1.82) is 0 Å². The number of nitrogens with zero attached hydrogens (tertiary/aromatic N) is 3. The van der Waals surface area contributed by atoms with E-state index in [1.165, 1.54) is 42.3 Å². The number of carbonyl (C=O) groups is 3. The fraction of sp³-hybridized carbons (Fsp3) is 0.688. The van der Waals surface area contributed by atoms with Crippen LogP contribution < -0.4 is 11.5 Å². The number of hydrogen-bond donors (Lipinski definition) is 2. The van der Waals surface area contributed by atoms with Crippen LogP contribution >= 0.6 is 0 Å². The Balaban J connectivity index is -0.000000128. The normalized spacial score (nSPS) is 12.6. The molecule has 0 bridgehead atoms. The Hall–Kier alpha value is -2.37. The summed E-state index contributed by atoms with van der Waals surface area (Å²) in [5.74, 6) is -1.16. The average Bonchev–Trinajstić information content (AvgIpc) is 2.65. The van der Waals surface area contributed by atoms with Crippen molar-refractivity contribution in [3.63, 3.8) is 0 Å². The van der Waals surface area contributed by atoms with E-state index < -0.39 is 11.9 Å². The van der Waals surface area contributed by atoms with E-state index in [2.05, 4.69) is 42.9 Å². The SMILES string of the molecule is CN.CN1CCOCC1.CN=CC(=O)OC.CN=CC(N)=O.COC(C)=O. The lowest BCUT2D eigenvalue weighted by Crippen LogP contribution is -2.32. The van der Waals surface area contributed by atoms with E-state index in [4.69, 9.17) is 4.74 Å². The summed E-state index contributed by atoms with van der Waals surface area (Å²) in [5.41, 5.74) is 9.11. The number of primary amides is 1. The summed E-state index contributed by atoms with van der Waals surface area (Å²) < 4.78 is 13.4. The predicted octanol–water partition coefficient (Wildman–Crippen LogP) is -1.27. The van der Waals surface area contributed by atoms with Crippen LogP contribution in [0.15, 0.2) is 9.98 Å². The number of aliphatic imine (C=N–C) groups is 2. The molecule has 11 nitrogen and oxygen atoms in total. The zero-order valence-electron chi connectivity index (χ0n) is 17.4. The Morgan fingerprint density at radius 1 is 1.00 bits per heavy atom. The number of rotatable bonds is 2. The minimum atomic E-state index is -0.502. The first-order valence-electron chi connectivity index (χ1n) is 7.85. The van der Waals surface area contributed by atoms with Crippen LogP contribution in [-0.4, -0.2) is 104 Å². The summed E-state index contributed by atoms with van der Waals surface area (Å²) in [6, 6.07) is 0. The fourth-order valence-electron chi connectivity index (χ4n) is 0.940. The summed E-state index contributed by atoms with van der Waals surface area (Å²) in [6.45, 7) is 5.38. The van der Waals surface area contributed by atoms with Crippen LogP contribution in [-0.2, 0) is 28.6 Å². The first-order chi connectivity index (χ1) is 12.7. The first kappa shape index (κ1) is 32.3. The Kier molecular flexibility index (Phi) is 34.0. The number of hydrogen-bond acceptors (Lipinski definition) is 10. The van der Waals surface area contributed by atoms with Crippen LogP contribution in [0.1, 0.15) is 6.92 Å². The molecule has 0 saturated carbocycles. The number of carbonyl (C=O) groups excluding carboxylic acids is 3. The summed E-state index contributed by atoms with van der Waals surface area (Å²) in [6.07, 6.45) is 2.17. The van der Waals surface area contributed by atoms with E-state index in [0.29, 0.717) is 0 Å². The standard InChI is InChI=1S/C5H11NO.C4H7NO2.C3H6N2O.C3H6O2.CH5N/c1-6-2-4-7-5-3-6;1-5-3-4(6)7-2;1-5-2-3(4)6;1-3(4)5-2;1-2/h2-5H2,1H3;3H,1-2H3;2H,1H3,(H2,4,6);1-2H3;2H2,1H3. The molecule has 0 aliphatic carbocycles. The largest absolute Gasteiger partial charge is 0.469 e. The van der Waals surface area contributed by atoms with Gasteiger partial charge in [0.05, 0.1) is 33.6 Å². The van der Waals surface area contributed by atoms with Crippen LogP contribution in [0.3, 0.4) is 0 Å². The molecule has 27 heavy (non-hydrogen) atoms. The average molecular weight is 393 g/mol. The van der Waals surface area contributed by atoms with Crippen LogP contribution in [0.5, 0.6) is 0 Å². The van der Waals surface area contributed by atoms with Crippen molar-refractivity contribution in [1.82, 2.24) is 4.90 Å². The minimum absolute atomic E-state index is 0.245. The van der Waals surface area contributed by atoms with Gasteiger partial charge in [0.2, 0.25) is 0 Å². The number of ether oxygens (including phenoxy) is 3. The van der Waals surface area contributed by atoms with Gasteiger partial charge in [-0.3, -0.25) is 19.6 Å². The van der Waals surface area contributed by atoms with Gasteiger partial charge in [-0.25, -0.2) is 4.79 Å². The molecule has 0 aromatic rings.